The second kappa shape index (κ2) is 9.69. The Labute approximate surface area is 177 Å². The van der Waals surface area contributed by atoms with E-state index in [1.165, 1.54) is 17.7 Å². The van der Waals surface area contributed by atoms with Crippen LogP contribution in [0.15, 0.2) is 48.5 Å². The van der Waals surface area contributed by atoms with Gasteiger partial charge in [-0.3, -0.25) is 9.69 Å². The van der Waals surface area contributed by atoms with Crippen molar-refractivity contribution in [3.05, 3.63) is 71.0 Å². The summed E-state index contributed by atoms with van der Waals surface area (Å²) < 4.78 is 24.3. The van der Waals surface area contributed by atoms with Gasteiger partial charge in [0.2, 0.25) is 5.91 Å². The molecule has 0 radical (unpaired) electrons. The van der Waals surface area contributed by atoms with Gasteiger partial charge in [-0.05, 0) is 41.7 Å². The van der Waals surface area contributed by atoms with Crippen molar-refractivity contribution in [1.29, 1.82) is 0 Å². The molecule has 5 nitrogen and oxygen atoms in total. The van der Waals surface area contributed by atoms with E-state index in [0.29, 0.717) is 32.6 Å². The van der Waals surface area contributed by atoms with E-state index in [1.54, 1.807) is 12.1 Å². The highest BCUT2D eigenvalue weighted by molar-refractivity contribution is 5.88. The minimum absolute atomic E-state index is 0.0176. The molecule has 2 saturated heterocycles. The van der Waals surface area contributed by atoms with Crippen LogP contribution in [-0.2, 0) is 32.8 Å². The summed E-state index contributed by atoms with van der Waals surface area (Å²) >= 11 is 0. The highest BCUT2D eigenvalue weighted by Crippen LogP contribution is 2.35. The first kappa shape index (κ1) is 21.0. The van der Waals surface area contributed by atoms with Gasteiger partial charge < -0.3 is 14.8 Å². The fourth-order valence-electron chi connectivity index (χ4n) is 4.34. The third kappa shape index (κ3) is 4.89. The van der Waals surface area contributed by atoms with Crippen molar-refractivity contribution < 1.29 is 18.7 Å². The first-order valence-electron chi connectivity index (χ1n) is 10.7. The van der Waals surface area contributed by atoms with Crippen molar-refractivity contribution in [1.82, 2.24) is 10.2 Å². The molecule has 1 N–H and O–H groups in total. The molecule has 0 saturated carbocycles. The van der Waals surface area contributed by atoms with Crippen LogP contribution >= 0.6 is 0 Å². The van der Waals surface area contributed by atoms with Crippen molar-refractivity contribution in [3.8, 4) is 0 Å². The predicted molar refractivity (Wildman–Crippen MR) is 113 cm³/mol. The van der Waals surface area contributed by atoms with Crippen LogP contribution in [0.2, 0.25) is 0 Å². The number of rotatable bonds is 6. The van der Waals surface area contributed by atoms with Crippen molar-refractivity contribution in [2.45, 2.75) is 31.3 Å². The van der Waals surface area contributed by atoms with Crippen LogP contribution in [0.5, 0.6) is 0 Å². The van der Waals surface area contributed by atoms with E-state index in [4.69, 9.17) is 9.47 Å². The molecule has 0 atom stereocenters. The summed E-state index contributed by atoms with van der Waals surface area (Å²) in [5.74, 6) is -0.311. The molecule has 2 aliphatic heterocycles. The maximum atomic E-state index is 13.4. The summed E-state index contributed by atoms with van der Waals surface area (Å²) in [7, 11) is 0. The van der Waals surface area contributed by atoms with Gasteiger partial charge in [-0.25, -0.2) is 4.39 Å². The molecule has 30 heavy (non-hydrogen) atoms. The zero-order valence-corrected chi connectivity index (χ0v) is 17.2. The first-order valence-corrected chi connectivity index (χ1v) is 10.7. The molecule has 2 fully saturated rings. The number of halogens is 1. The molecule has 0 aromatic heterocycles. The smallest absolute Gasteiger partial charge is 0.231 e. The van der Waals surface area contributed by atoms with Crippen LogP contribution in [-0.4, -0.2) is 50.3 Å². The number of ether oxygens (including phenoxy) is 2. The van der Waals surface area contributed by atoms with Gasteiger partial charge in [-0.15, -0.1) is 0 Å². The maximum Gasteiger partial charge on any atom is 0.231 e. The number of nitrogens with one attached hydrogen (secondary N) is 1. The first-order chi connectivity index (χ1) is 14.7. The Balaban J connectivity index is 1.43. The van der Waals surface area contributed by atoms with Crippen LogP contribution < -0.4 is 5.32 Å². The molecule has 0 bridgehead atoms. The highest BCUT2D eigenvalue weighted by Gasteiger charge is 2.41. The van der Waals surface area contributed by atoms with Gasteiger partial charge in [-0.1, -0.05) is 36.4 Å². The highest BCUT2D eigenvalue weighted by atomic mass is 19.1. The average molecular weight is 413 g/mol. The lowest BCUT2D eigenvalue weighted by atomic mass is 9.73. The van der Waals surface area contributed by atoms with E-state index in [1.807, 2.05) is 12.1 Å². The minimum Gasteiger partial charge on any atom is -0.381 e. The van der Waals surface area contributed by atoms with Crippen molar-refractivity contribution >= 4 is 5.91 Å². The Morgan fingerprint density at radius 2 is 1.63 bits per heavy atom. The van der Waals surface area contributed by atoms with Crippen molar-refractivity contribution in [2.75, 3.05) is 39.5 Å². The van der Waals surface area contributed by atoms with Crippen molar-refractivity contribution in [2.24, 2.45) is 0 Å². The fourth-order valence-corrected chi connectivity index (χ4v) is 4.34. The number of hydrogen-bond acceptors (Lipinski definition) is 4. The second-order valence-electron chi connectivity index (χ2n) is 8.09. The van der Waals surface area contributed by atoms with Gasteiger partial charge in [0.15, 0.2) is 0 Å². The number of carbonyl (C=O) groups excluding carboxylic acids is 1. The Morgan fingerprint density at radius 1 is 0.967 bits per heavy atom. The minimum atomic E-state index is -0.669. The number of carbonyl (C=O) groups is 1. The third-order valence-corrected chi connectivity index (χ3v) is 6.13. The third-order valence-electron chi connectivity index (χ3n) is 6.13. The van der Waals surface area contributed by atoms with Crippen LogP contribution in [0.3, 0.4) is 0 Å². The topological polar surface area (TPSA) is 50.8 Å². The molecule has 0 aliphatic carbocycles. The van der Waals surface area contributed by atoms with E-state index in [-0.39, 0.29) is 11.7 Å². The number of hydrogen-bond donors (Lipinski definition) is 1. The van der Waals surface area contributed by atoms with Gasteiger partial charge in [0.1, 0.15) is 5.82 Å². The van der Waals surface area contributed by atoms with E-state index in [2.05, 4.69) is 22.3 Å². The SMILES string of the molecule is O=C(NCc1cccc(CN2CCOCC2)c1)C1(c2ccc(F)cc2)CCOCC1. The Morgan fingerprint density at radius 3 is 2.37 bits per heavy atom. The van der Waals surface area contributed by atoms with E-state index >= 15 is 0 Å². The summed E-state index contributed by atoms with van der Waals surface area (Å²) in [5, 5.41) is 3.13. The Hall–Kier alpha value is -2.28. The summed E-state index contributed by atoms with van der Waals surface area (Å²) in [6, 6.07) is 14.7. The lowest BCUT2D eigenvalue weighted by Gasteiger charge is -2.36. The van der Waals surface area contributed by atoms with Gasteiger partial charge in [0, 0.05) is 39.4 Å². The Kier molecular flexibility index (Phi) is 6.77. The molecule has 160 valence electrons. The number of morpholine rings is 1. The lowest BCUT2D eigenvalue weighted by Crippen LogP contribution is -2.47. The summed E-state index contributed by atoms with van der Waals surface area (Å²) in [6.45, 7) is 5.88. The van der Waals surface area contributed by atoms with Gasteiger partial charge in [0.25, 0.3) is 0 Å². The largest absolute Gasteiger partial charge is 0.381 e. The second-order valence-corrected chi connectivity index (χ2v) is 8.09. The average Bonchev–Trinajstić information content (AvgIpc) is 2.79. The maximum absolute atomic E-state index is 13.4. The molecule has 1 amide bonds. The van der Waals surface area contributed by atoms with Crippen LogP contribution in [0.4, 0.5) is 4.39 Å². The number of nitrogens with zero attached hydrogens (tertiary/aromatic N) is 1. The van der Waals surface area contributed by atoms with Crippen LogP contribution in [0.1, 0.15) is 29.5 Å². The van der Waals surface area contributed by atoms with Crippen molar-refractivity contribution in [3.63, 3.8) is 0 Å². The predicted octanol–water partition coefficient (Wildman–Crippen LogP) is 3.02. The van der Waals surface area contributed by atoms with Gasteiger partial charge >= 0.3 is 0 Å². The van der Waals surface area contributed by atoms with E-state index < -0.39 is 5.41 Å². The summed E-state index contributed by atoms with van der Waals surface area (Å²) in [4.78, 5) is 15.7. The molecular formula is C24H29FN2O3. The summed E-state index contributed by atoms with van der Waals surface area (Å²) in [6.07, 6.45) is 1.20. The lowest BCUT2D eigenvalue weighted by molar-refractivity contribution is -0.130. The van der Waals surface area contributed by atoms with Crippen LogP contribution in [0, 0.1) is 5.82 Å². The molecule has 2 aromatic rings. The molecule has 2 aromatic carbocycles. The fraction of sp³-hybridized carbons (Fsp3) is 0.458. The molecule has 0 spiro atoms. The summed E-state index contributed by atoms with van der Waals surface area (Å²) in [5.41, 5.74) is 2.50. The molecule has 0 unspecified atom stereocenters. The van der Waals surface area contributed by atoms with Crippen LogP contribution in [0.25, 0.3) is 0 Å². The molecule has 4 rings (SSSR count). The monoisotopic (exact) mass is 412 g/mol. The van der Waals surface area contributed by atoms with E-state index in [0.717, 1.165) is 44.0 Å². The standard InChI is InChI=1S/C24H29FN2O3/c25-22-6-4-21(5-7-22)24(8-12-29-13-9-24)23(28)26-17-19-2-1-3-20(16-19)18-27-10-14-30-15-11-27/h1-7,16H,8-15,17-18H2,(H,26,28). The molecule has 6 heteroatoms. The normalized spacial score (nSPS) is 19.4. The van der Waals surface area contributed by atoms with Gasteiger partial charge in [-0.2, -0.15) is 0 Å². The van der Waals surface area contributed by atoms with E-state index in [9.17, 15) is 9.18 Å². The molecule has 2 heterocycles. The Bertz CT molecular complexity index is 844. The zero-order chi connectivity index (χ0) is 20.8. The van der Waals surface area contributed by atoms with Gasteiger partial charge in [0.05, 0.1) is 18.6 Å². The number of amides is 1. The molecule has 2 aliphatic rings. The molecular weight excluding hydrogens is 383 g/mol. The number of benzene rings is 2. The zero-order valence-electron chi connectivity index (χ0n) is 17.2. The quantitative estimate of drug-likeness (QED) is 0.793.